The Balaban J connectivity index is 2.11. The van der Waals surface area contributed by atoms with Crippen molar-refractivity contribution in [3.05, 3.63) is 29.8 Å². The Bertz CT molecular complexity index is 360. The van der Waals surface area contributed by atoms with Gasteiger partial charge in [-0.1, -0.05) is 18.2 Å². The third kappa shape index (κ3) is 2.18. The molecule has 1 atom stereocenters. The summed E-state index contributed by atoms with van der Waals surface area (Å²) in [4.78, 5) is 11.6. The highest BCUT2D eigenvalue weighted by Gasteiger charge is 2.27. The highest BCUT2D eigenvalue weighted by molar-refractivity contribution is 5.78. The number of para-hydroxylation sites is 1. The molecule has 3 heteroatoms. The fourth-order valence-electron chi connectivity index (χ4n) is 1.70. The first-order valence-corrected chi connectivity index (χ1v) is 5.18. The van der Waals surface area contributed by atoms with Crippen LogP contribution in [-0.4, -0.2) is 19.2 Å². The third-order valence-corrected chi connectivity index (χ3v) is 2.51. The van der Waals surface area contributed by atoms with Gasteiger partial charge >= 0.3 is 5.97 Å². The van der Waals surface area contributed by atoms with Gasteiger partial charge in [0.2, 0.25) is 0 Å². The van der Waals surface area contributed by atoms with Crippen LogP contribution >= 0.6 is 0 Å². The number of carbonyl (C=O) groups excluding carboxylic acids is 1. The minimum absolute atomic E-state index is 0.153. The van der Waals surface area contributed by atoms with Gasteiger partial charge in [0.15, 0.2) is 0 Å². The second-order valence-corrected chi connectivity index (χ2v) is 3.59. The van der Waals surface area contributed by atoms with Gasteiger partial charge in [-0.3, -0.25) is 4.79 Å². The van der Waals surface area contributed by atoms with E-state index in [2.05, 4.69) is 0 Å². The Morgan fingerprint density at radius 3 is 3.07 bits per heavy atom. The molecule has 1 aliphatic rings. The summed E-state index contributed by atoms with van der Waals surface area (Å²) in [5.41, 5.74) is 1.09. The third-order valence-electron chi connectivity index (χ3n) is 2.51. The molecular weight excluding hydrogens is 192 g/mol. The van der Waals surface area contributed by atoms with E-state index >= 15 is 0 Å². The quantitative estimate of drug-likeness (QED) is 0.559. The van der Waals surface area contributed by atoms with E-state index in [1.807, 2.05) is 31.2 Å². The monoisotopic (exact) mass is 206 g/mol. The summed E-state index contributed by atoms with van der Waals surface area (Å²) in [5.74, 6) is 0.359. The first kappa shape index (κ1) is 10.2. The molecule has 0 saturated heterocycles. The van der Waals surface area contributed by atoms with Gasteiger partial charge in [0, 0.05) is 6.61 Å². The maximum absolute atomic E-state index is 11.6. The number of carbonyl (C=O) groups is 1. The van der Waals surface area contributed by atoms with Gasteiger partial charge < -0.3 is 9.47 Å². The van der Waals surface area contributed by atoms with Crippen molar-refractivity contribution >= 4 is 5.97 Å². The Hall–Kier alpha value is -1.35. The molecule has 80 valence electrons. The fraction of sp³-hybridized carbons (Fsp3) is 0.417. The van der Waals surface area contributed by atoms with E-state index in [1.54, 1.807) is 0 Å². The molecule has 2 rings (SSSR count). The van der Waals surface area contributed by atoms with E-state index in [1.165, 1.54) is 0 Å². The predicted molar refractivity (Wildman–Crippen MR) is 55.8 cm³/mol. The first-order valence-electron chi connectivity index (χ1n) is 5.18. The van der Waals surface area contributed by atoms with Crippen LogP contribution in [0.15, 0.2) is 24.3 Å². The zero-order chi connectivity index (χ0) is 10.7. The second kappa shape index (κ2) is 4.45. The van der Waals surface area contributed by atoms with E-state index in [-0.39, 0.29) is 11.9 Å². The number of fused-ring (bicyclic) bond motifs is 1. The van der Waals surface area contributed by atoms with Gasteiger partial charge in [-0.05, 0) is 25.0 Å². The summed E-state index contributed by atoms with van der Waals surface area (Å²) in [5, 5.41) is 0. The lowest BCUT2D eigenvalue weighted by Gasteiger charge is -2.22. The van der Waals surface area contributed by atoms with Crippen LogP contribution in [0.2, 0.25) is 0 Å². The smallest absolute Gasteiger partial charge is 0.317 e. The summed E-state index contributed by atoms with van der Waals surface area (Å²) in [6.45, 7) is 3.00. The number of rotatable bonds is 3. The minimum atomic E-state index is -0.179. The fourth-order valence-corrected chi connectivity index (χ4v) is 1.70. The molecule has 1 heterocycles. The molecule has 15 heavy (non-hydrogen) atoms. The number of hydrogen-bond acceptors (Lipinski definition) is 3. The molecule has 1 aromatic rings. The molecule has 0 radical (unpaired) electrons. The van der Waals surface area contributed by atoms with Gasteiger partial charge in [0.1, 0.15) is 5.75 Å². The van der Waals surface area contributed by atoms with Gasteiger partial charge in [-0.2, -0.15) is 0 Å². The molecule has 0 spiro atoms. The van der Waals surface area contributed by atoms with E-state index in [0.717, 1.165) is 12.0 Å². The Labute approximate surface area is 89.0 Å². The molecule has 0 aliphatic carbocycles. The molecule has 3 nitrogen and oxygen atoms in total. The van der Waals surface area contributed by atoms with Crippen molar-refractivity contribution in [2.45, 2.75) is 13.3 Å². The van der Waals surface area contributed by atoms with E-state index < -0.39 is 0 Å². The topological polar surface area (TPSA) is 35.5 Å². The minimum Gasteiger partial charge on any atom is -0.426 e. The van der Waals surface area contributed by atoms with Crippen LogP contribution in [-0.2, 0) is 16.0 Å². The lowest BCUT2D eigenvalue weighted by Crippen LogP contribution is -2.31. The summed E-state index contributed by atoms with van der Waals surface area (Å²) in [7, 11) is 0. The largest absolute Gasteiger partial charge is 0.426 e. The lowest BCUT2D eigenvalue weighted by molar-refractivity contribution is -0.142. The van der Waals surface area contributed by atoms with Gasteiger partial charge in [0.25, 0.3) is 0 Å². The molecule has 1 aliphatic heterocycles. The summed E-state index contributed by atoms with van der Waals surface area (Å²) in [6, 6.07) is 7.63. The summed E-state index contributed by atoms with van der Waals surface area (Å²) >= 11 is 0. The van der Waals surface area contributed by atoms with Crippen LogP contribution in [0.25, 0.3) is 0 Å². The number of ether oxygens (including phenoxy) is 2. The molecule has 0 N–H and O–H groups in total. The highest BCUT2D eigenvalue weighted by Crippen LogP contribution is 2.27. The van der Waals surface area contributed by atoms with Crippen LogP contribution in [0.5, 0.6) is 5.75 Å². The normalized spacial score (nSPS) is 19.5. The summed E-state index contributed by atoms with van der Waals surface area (Å²) < 4.78 is 10.5. The van der Waals surface area contributed by atoms with Crippen LogP contribution < -0.4 is 4.74 Å². The van der Waals surface area contributed by atoms with Crippen molar-refractivity contribution in [1.29, 1.82) is 0 Å². The van der Waals surface area contributed by atoms with Gasteiger partial charge in [-0.15, -0.1) is 0 Å². The molecular formula is C12H14O3. The first-order chi connectivity index (χ1) is 7.31. The number of benzene rings is 1. The average molecular weight is 206 g/mol. The maximum atomic E-state index is 11.6. The Kier molecular flexibility index (Phi) is 3.02. The molecule has 1 aromatic carbocycles. The zero-order valence-corrected chi connectivity index (χ0v) is 8.73. The number of hydrogen-bond donors (Lipinski definition) is 0. The molecule has 0 bridgehead atoms. The van der Waals surface area contributed by atoms with Gasteiger partial charge in [-0.25, -0.2) is 0 Å². The van der Waals surface area contributed by atoms with Crippen LogP contribution in [0.1, 0.15) is 12.5 Å². The highest BCUT2D eigenvalue weighted by atomic mass is 16.5. The molecule has 0 unspecified atom stereocenters. The summed E-state index contributed by atoms with van der Waals surface area (Å²) in [6.07, 6.45) is 0.717. The van der Waals surface area contributed by atoms with Gasteiger partial charge in [0.05, 0.1) is 12.5 Å². The van der Waals surface area contributed by atoms with Crippen molar-refractivity contribution in [3.63, 3.8) is 0 Å². The van der Waals surface area contributed by atoms with E-state index in [0.29, 0.717) is 19.0 Å². The van der Waals surface area contributed by atoms with E-state index in [4.69, 9.17) is 9.47 Å². The Morgan fingerprint density at radius 2 is 2.27 bits per heavy atom. The predicted octanol–water partition coefficient (Wildman–Crippen LogP) is 1.80. The standard InChI is InChI=1S/C12H14O3/c1-2-14-8-10-7-9-5-3-4-6-11(9)15-12(10)13/h3-6,10H,2,7-8H2,1H3/t10-/m1/s1. The van der Waals surface area contributed by atoms with E-state index in [9.17, 15) is 4.79 Å². The lowest BCUT2D eigenvalue weighted by atomic mass is 9.97. The molecule has 0 fully saturated rings. The van der Waals surface area contributed by atoms with Crippen molar-refractivity contribution in [2.75, 3.05) is 13.2 Å². The molecule has 0 saturated carbocycles. The van der Waals surface area contributed by atoms with Crippen LogP contribution in [0, 0.1) is 5.92 Å². The van der Waals surface area contributed by atoms with Crippen molar-refractivity contribution in [3.8, 4) is 5.75 Å². The average Bonchev–Trinajstić information content (AvgIpc) is 2.26. The Morgan fingerprint density at radius 1 is 1.47 bits per heavy atom. The zero-order valence-electron chi connectivity index (χ0n) is 8.73. The second-order valence-electron chi connectivity index (χ2n) is 3.59. The molecule has 0 aromatic heterocycles. The van der Waals surface area contributed by atoms with Crippen molar-refractivity contribution < 1.29 is 14.3 Å². The van der Waals surface area contributed by atoms with Crippen LogP contribution in [0.4, 0.5) is 0 Å². The van der Waals surface area contributed by atoms with Crippen molar-refractivity contribution in [2.24, 2.45) is 5.92 Å². The maximum Gasteiger partial charge on any atom is 0.317 e. The van der Waals surface area contributed by atoms with Crippen LogP contribution in [0.3, 0.4) is 0 Å². The SMILES string of the molecule is CCOC[C@H]1Cc2ccccc2OC1=O. The number of esters is 1. The van der Waals surface area contributed by atoms with Crippen molar-refractivity contribution in [1.82, 2.24) is 0 Å². The molecule has 0 amide bonds.